The van der Waals surface area contributed by atoms with Gasteiger partial charge in [0.2, 0.25) is 5.91 Å². The first-order valence-corrected chi connectivity index (χ1v) is 6.35. The largest absolute Gasteiger partial charge is 0.378 e. The Bertz CT molecular complexity index is 422. The highest BCUT2D eigenvalue weighted by Gasteiger charge is 2.31. The molecule has 4 nitrogen and oxygen atoms in total. The Morgan fingerprint density at radius 3 is 2.78 bits per heavy atom. The summed E-state index contributed by atoms with van der Waals surface area (Å²) >= 11 is 5.87. The first kappa shape index (κ1) is 13.3. The molecule has 98 valence electrons. The summed E-state index contributed by atoms with van der Waals surface area (Å²) in [6, 6.07) is 7.41. The number of rotatable bonds is 3. The number of nitrogens with two attached hydrogens (primary N) is 1. The minimum absolute atomic E-state index is 0.115. The molecule has 2 N–H and O–H groups in total. The van der Waals surface area contributed by atoms with Crippen LogP contribution in [0.15, 0.2) is 24.3 Å². The first-order chi connectivity index (χ1) is 8.59. The fourth-order valence-electron chi connectivity index (χ4n) is 2.26. The predicted octanol–water partition coefficient (Wildman–Crippen LogP) is 1.59. The maximum absolute atomic E-state index is 11.4. The van der Waals surface area contributed by atoms with Crippen LogP contribution in [0.4, 0.5) is 0 Å². The lowest BCUT2D eigenvalue weighted by Gasteiger charge is -2.38. The minimum atomic E-state index is -0.357. The van der Waals surface area contributed by atoms with Crippen LogP contribution in [-0.2, 0) is 9.53 Å². The maximum Gasteiger partial charge on any atom is 0.237 e. The molecule has 0 aromatic heterocycles. The summed E-state index contributed by atoms with van der Waals surface area (Å²) in [6.07, 6.45) is 0. The van der Waals surface area contributed by atoms with Crippen LogP contribution in [0.1, 0.15) is 18.5 Å². The third-order valence-electron chi connectivity index (χ3n) is 3.35. The van der Waals surface area contributed by atoms with Crippen molar-refractivity contribution in [3.8, 4) is 0 Å². The third-order valence-corrected chi connectivity index (χ3v) is 3.60. The maximum atomic E-state index is 11.4. The molecule has 0 bridgehead atoms. The summed E-state index contributed by atoms with van der Waals surface area (Å²) in [5.74, 6) is -0.337. The summed E-state index contributed by atoms with van der Waals surface area (Å²) in [5, 5.41) is 0.708. The molecule has 0 spiro atoms. The van der Waals surface area contributed by atoms with E-state index in [-0.39, 0.29) is 18.0 Å². The molecule has 1 aliphatic heterocycles. The molecule has 0 saturated carbocycles. The van der Waals surface area contributed by atoms with Gasteiger partial charge in [-0.05, 0) is 24.6 Å². The van der Waals surface area contributed by atoms with E-state index in [4.69, 9.17) is 22.1 Å². The molecular weight excluding hydrogens is 252 g/mol. The van der Waals surface area contributed by atoms with E-state index in [9.17, 15) is 4.79 Å². The van der Waals surface area contributed by atoms with E-state index in [0.717, 1.165) is 5.56 Å². The van der Waals surface area contributed by atoms with Gasteiger partial charge in [0, 0.05) is 17.6 Å². The highest BCUT2D eigenvalue weighted by Crippen LogP contribution is 2.25. The molecule has 0 aliphatic carbocycles. The van der Waals surface area contributed by atoms with Crippen molar-refractivity contribution < 1.29 is 9.53 Å². The number of carbonyl (C=O) groups excluding carboxylic acids is 1. The number of carbonyl (C=O) groups is 1. The van der Waals surface area contributed by atoms with Crippen molar-refractivity contribution in [1.29, 1.82) is 0 Å². The number of primary amides is 1. The van der Waals surface area contributed by atoms with Crippen molar-refractivity contribution in [2.75, 3.05) is 19.8 Å². The zero-order valence-electron chi connectivity index (χ0n) is 10.3. The lowest BCUT2D eigenvalue weighted by atomic mass is 10.0. The van der Waals surface area contributed by atoms with E-state index in [1.165, 1.54) is 0 Å². The summed E-state index contributed by atoms with van der Waals surface area (Å²) < 4.78 is 5.32. The van der Waals surface area contributed by atoms with Crippen molar-refractivity contribution in [1.82, 2.24) is 4.90 Å². The Labute approximate surface area is 112 Å². The lowest BCUT2D eigenvalue weighted by molar-refractivity contribution is -0.131. The van der Waals surface area contributed by atoms with Gasteiger partial charge in [-0.25, -0.2) is 0 Å². The highest BCUT2D eigenvalue weighted by atomic mass is 35.5. The molecule has 1 amide bonds. The van der Waals surface area contributed by atoms with Crippen molar-refractivity contribution in [3.05, 3.63) is 34.9 Å². The van der Waals surface area contributed by atoms with Gasteiger partial charge in [-0.1, -0.05) is 23.7 Å². The number of halogens is 1. The lowest BCUT2D eigenvalue weighted by Crippen LogP contribution is -2.53. The van der Waals surface area contributed by atoms with E-state index in [1.807, 2.05) is 24.3 Å². The Balaban J connectivity index is 2.17. The molecule has 1 aliphatic rings. The number of ether oxygens (including phenoxy) is 1. The van der Waals surface area contributed by atoms with Gasteiger partial charge in [0.05, 0.1) is 13.2 Å². The number of nitrogens with zero attached hydrogens (tertiary/aromatic N) is 1. The fourth-order valence-corrected chi connectivity index (χ4v) is 2.38. The highest BCUT2D eigenvalue weighted by molar-refractivity contribution is 6.30. The standard InChI is InChI=1S/C13H17ClN2O2/c1-9(10-2-4-11(14)5-3-10)16-6-7-18-8-12(16)13(15)17/h2-5,9,12H,6-8H2,1H3,(H2,15,17)/t9-,12?/m1/s1. The van der Waals surface area contributed by atoms with Crippen molar-refractivity contribution >= 4 is 17.5 Å². The average Bonchev–Trinajstić information content (AvgIpc) is 2.39. The van der Waals surface area contributed by atoms with Crippen LogP contribution in [0.3, 0.4) is 0 Å². The van der Waals surface area contributed by atoms with Gasteiger partial charge in [-0.2, -0.15) is 0 Å². The zero-order chi connectivity index (χ0) is 13.1. The van der Waals surface area contributed by atoms with Crippen LogP contribution in [0.25, 0.3) is 0 Å². The molecule has 1 aromatic rings. The van der Waals surface area contributed by atoms with Crippen molar-refractivity contribution in [3.63, 3.8) is 0 Å². The van der Waals surface area contributed by atoms with E-state index in [1.54, 1.807) is 0 Å². The Morgan fingerprint density at radius 1 is 1.50 bits per heavy atom. The quantitative estimate of drug-likeness (QED) is 0.906. The summed E-state index contributed by atoms with van der Waals surface area (Å²) in [4.78, 5) is 13.5. The van der Waals surface area contributed by atoms with E-state index in [0.29, 0.717) is 24.8 Å². The van der Waals surface area contributed by atoms with Gasteiger partial charge >= 0.3 is 0 Å². The number of hydrogen-bond acceptors (Lipinski definition) is 3. The molecule has 2 rings (SSSR count). The Hall–Kier alpha value is -1.10. The van der Waals surface area contributed by atoms with Gasteiger partial charge in [0.25, 0.3) is 0 Å². The summed E-state index contributed by atoms with van der Waals surface area (Å²) in [5.41, 5.74) is 6.53. The first-order valence-electron chi connectivity index (χ1n) is 5.98. The Morgan fingerprint density at radius 2 is 2.17 bits per heavy atom. The van der Waals surface area contributed by atoms with E-state index in [2.05, 4.69) is 11.8 Å². The van der Waals surface area contributed by atoms with Crippen molar-refractivity contribution in [2.24, 2.45) is 5.73 Å². The smallest absolute Gasteiger partial charge is 0.237 e. The van der Waals surface area contributed by atoms with Crippen LogP contribution >= 0.6 is 11.6 Å². The van der Waals surface area contributed by atoms with Crippen LogP contribution in [0.5, 0.6) is 0 Å². The van der Waals surface area contributed by atoms with E-state index < -0.39 is 0 Å². The predicted molar refractivity (Wildman–Crippen MR) is 70.4 cm³/mol. The molecule has 1 fully saturated rings. The molecular formula is C13H17ClN2O2. The van der Waals surface area contributed by atoms with Gasteiger partial charge < -0.3 is 10.5 Å². The van der Waals surface area contributed by atoms with Crippen LogP contribution < -0.4 is 5.73 Å². The van der Waals surface area contributed by atoms with E-state index >= 15 is 0 Å². The molecule has 18 heavy (non-hydrogen) atoms. The van der Waals surface area contributed by atoms with Gasteiger partial charge in [-0.3, -0.25) is 9.69 Å². The SMILES string of the molecule is C[C@H](c1ccc(Cl)cc1)N1CCOCC1C(N)=O. The van der Waals surface area contributed by atoms with Gasteiger partial charge in [0.1, 0.15) is 6.04 Å². The van der Waals surface area contributed by atoms with Crippen LogP contribution in [-0.4, -0.2) is 36.6 Å². The molecule has 1 aromatic carbocycles. The average molecular weight is 269 g/mol. The Kier molecular flexibility index (Phi) is 4.22. The molecule has 0 radical (unpaired) electrons. The van der Waals surface area contributed by atoms with Gasteiger partial charge in [-0.15, -0.1) is 0 Å². The molecule has 2 atom stereocenters. The third kappa shape index (κ3) is 2.83. The second-order valence-corrected chi connectivity index (χ2v) is 4.89. The zero-order valence-corrected chi connectivity index (χ0v) is 11.1. The monoisotopic (exact) mass is 268 g/mol. The summed E-state index contributed by atoms with van der Waals surface area (Å²) in [7, 11) is 0. The second-order valence-electron chi connectivity index (χ2n) is 4.46. The molecule has 1 unspecified atom stereocenters. The van der Waals surface area contributed by atoms with Gasteiger partial charge in [0.15, 0.2) is 0 Å². The molecule has 1 saturated heterocycles. The summed E-state index contributed by atoms with van der Waals surface area (Å²) in [6.45, 7) is 3.76. The molecule has 1 heterocycles. The van der Waals surface area contributed by atoms with Crippen LogP contribution in [0, 0.1) is 0 Å². The van der Waals surface area contributed by atoms with Crippen molar-refractivity contribution in [2.45, 2.75) is 19.0 Å². The number of amides is 1. The van der Waals surface area contributed by atoms with Crippen LogP contribution in [0.2, 0.25) is 5.02 Å². The normalized spacial score (nSPS) is 22.7. The number of benzene rings is 1. The number of morpholine rings is 1. The second kappa shape index (κ2) is 5.69. The minimum Gasteiger partial charge on any atom is -0.378 e. The molecule has 5 heteroatoms. The number of hydrogen-bond donors (Lipinski definition) is 1. The topological polar surface area (TPSA) is 55.6 Å². The fraction of sp³-hybridized carbons (Fsp3) is 0.462.